The maximum Gasteiger partial charge on any atom is 0.265 e. The van der Waals surface area contributed by atoms with Gasteiger partial charge in [0, 0.05) is 31.7 Å². The second-order valence-corrected chi connectivity index (χ2v) is 8.27. The molecule has 2 aromatic heterocycles. The van der Waals surface area contributed by atoms with Crippen molar-refractivity contribution in [1.29, 1.82) is 0 Å². The summed E-state index contributed by atoms with van der Waals surface area (Å²) in [5, 5.41) is 0. The van der Waals surface area contributed by atoms with Crippen molar-refractivity contribution in [1.82, 2.24) is 24.8 Å². The van der Waals surface area contributed by atoms with Crippen molar-refractivity contribution in [2.45, 2.75) is 51.5 Å². The van der Waals surface area contributed by atoms with Crippen molar-refractivity contribution in [2.75, 3.05) is 26.2 Å². The number of carbonyl (C=O) groups is 1. The van der Waals surface area contributed by atoms with E-state index >= 15 is 0 Å². The van der Waals surface area contributed by atoms with E-state index in [9.17, 15) is 4.79 Å². The molecule has 6 nitrogen and oxygen atoms in total. The average Bonchev–Trinajstić information content (AvgIpc) is 3.31. The van der Waals surface area contributed by atoms with Crippen LogP contribution in [0.5, 0.6) is 0 Å². The van der Waals surface area contributed by atoms with Gasteiger partial charge < -0.3 is 9.88 Å². The van der Waals surface area contributed by atoms with Gasteiger partial charge in [0.05, 0.1) is 28.8 Å². The van der Waals surface area contributed by atoms with Crippen LogP contribution in [-0.2, 0) is 12.0 Å². The second-order valence-electron chi connectivity index (χ2n) is 7.41. The minimum Gasteiger partial charge on any atom is -0.348 e. The number of unbranched alkanes of at least 4 members (excludes halogenated alkanes) is 1. The SMILES string of the molecule is CCCCN1CCc2[nH]cnc2C12CCN(C(=O)c1scnc1C)CC2. The summed E-state index contributed by atoms with van der Waals surface area (Å²) < 4.78 is 0. The lowest BCUT2D eigenvalue weighted by Crippen LogP contribution is -2.57. The molecule has 140 valence electrons. The van der Waals surface area contributed by atoms with Gasteiger partial charge in [-0.05, 0) is 32.7 Å². The molecule has 2 aliphatic rings. The summed E-state index contributed by atoms with van der Waals surface area (Å²) in [6, 6.07) is 0. The lowest BCUT2D eigenvalue weighted by molar-refractivity contribution is 0.00644. The predicted molar refractivity (Wildman–Crippen MR) is 102 cm³/mol. The first kappa shape index (κ1) is 17.7. The smallest absolute Gasteiger partial charge is 0.265 e. The Kier molecular flexibility index (Phi) is 4.84. The zero-order valence-electron chi connectivity index (χ0n) is 15.6. The van der Waals surface area contributed by atoms with Crippen LogP contribution in [0, 0.1) is 6.92 Å². The largest absolute Gasteiger partial charge is 0.348 e. The summed E-state index contributed by atoms with van der Waals surface area (Å²) in [6.07, 6.45) is 7.22. The number of hydrogen-bond acceptors (Lipinski definition) is 5. The molecule has 2 aromatic rings. The number of hydrogen-bond donors (Lipinski definition) is 1. The van der Waals surface area contributed by atoms with Crippen LogP contribution in [0.15, 0.2) is 11.8 Å². The lowest BCUT2D eigenvalue weighted by atomic mass is 9.78. The zero-order chi connectivity index (χ0) is 18.1. The van der Waals surface area contributed by atoms with E-state index in [1.807, 2.05) is 18.2 Å². The molecular weight excluding hydrogens is 346 g/mol. The first-order chi connectivity index (χ1) is 12.7. The summed E-state index contributed by atoms with van der Waals surface area (Å²) in [5.41, 5.74) is 5.11. The van der Waals surface area contributed by atoms with Gasteiger partial charge in [-0.25, -0.2) is 9.97 Å². The average molecular weight is 374 g/mol. The van der Waals surface area contributed by atoms with Crippen molar-refractivity contribution in [3.05, 3.63) is 33.8 Å². The highest BCUT2D eigenvalue weighted by Gasteiger charge is 2.47. The molecule has 0 atom stereocenters. The Bertz CT molecular complexity index is 774. The van der Waals surface area contributed by atoms with Crippen LogP contribution in [0.3, 0.4) is 0 Å². The Morgan fingerprint density at radius 1 is 1.31 bits per heavy atom. The number of likely N-dealkylation sites (tertiary alicyclic amines) is 1. The molecule has 4 heterocycles. The summed E-state index contributed by atoms with van der Waals surface area (Å²) in [4.78, 5) is 30.6. The van der Waals surface area contributed by atoms with E-state index in [1.165, 1.54) is 35.6 Å². The summed E-state index contributed by atoms with van der Waals surface area (Å²) >= 11 is 1.45. The monoisotopic (exact) mass is 373 g/mol. The van der Waals surface area contributed by atoms with Gasteiger partial charge in [0.25, 0.3) is 5.91 Å². The molecule has 0 bridgehead atoms. The Labute approximate surface area is 158 Å². The van der Waals surface area contributed by atoms with E-state index in [0.717, 1.165) is 56.0 Å². The van der Waals surface area contributed by atoms with Gasteiger partial charge in [-0.2, -0.15) is 0 Å². The maximum absolute atomic E-state index is 12.9. The quantitative estimate of drug-likeness (QED) is 0.895. The molecule has 4 rings (SSSR count). The maximum atomic E-state index is 12.9. The topological polar surface area (TPSA) is 65.1 Å². The number of carbonyl (C=O) groups excluding carboxylic acids is 1. The summed E-state index contributed by atoms with van der Waals surface area (Å²) in [6.45, 7) is 7.92. The third kappa shape index (κ3) is 2.87. The molecule has 0 aliphatic carbocycles. The lowest BCUT2D eigenvalue weighted by Gasteiger charge is -2.50. The van der Waals surface area contributed by atoms with Crippen LogP contribution < -0.4 is 0 Å². The number of H-pyrrole nitrogens is 1. The predicted octanol–water partition coefficient (Wildman–Crippen LogP) is 2.96. The molecule has 2 aliphatic heterocycles. The molecule has 1 fully saturated rings. The fourth-order valence-electron chi connectivity index (χ4n) is 4.48. The fraction of sp³-hybridized carbons (Fsp3) is 0.632. The van der Waals surface area contributed by atoms with Crippen LogP contribution in [0.2, 0.25) is 0 Å². The van der Waals surface area contributed by atoms with E-state index in [0.29, 0.717) is 0 Å². The summed E-state index contributed by atoms with van der Waals surface area (Å²) in [7, 11) is 0. The second kappa shape index (κ2) is 7.12. The number of nitrogens with one attached hydrogen (secondary N) is 1. The normalized spacial score (nSPS) is 19.7. The Balaban J connectivity index is 1.55. The molecule has 1 amide bonds. The zero-order valence-corrected chi connectivity index (χ0v) is 16.4. The highest BCUT2D eigenvalue weighted by molar-refractivity contribution is 7.11. The number of rotatable bonds is 4. The number of thiazole rings is 1. The number of aromatic nitrogens is 3. The molecule has 1 saturated heterocycles. The van der Waals surface area contributed by atoms with E-state index in [4.69, 9.17) is 4.98 Å². The van der Waals surface area contributed by atoms with Crippen LogP contribution in [0.4, 0.5) is 0 Å². The van der Waals surface area contributed by atoms with Gasteiger partial charge in [0.1, 0.15) is 4.88 Å². The van der Waals surface area contributed by atoms with E-state index in [-0.39, 0.29) is 11.4 Å². The molecule has 0 unspecified atom stereocenters. The number of fused-ring (bicyclic) bond motifs is 2. The molecule has 1 N–H and O–H groups in total. The van der Waals surface area contributed by atoms with Crippen molar-refractivity contribution in [3.63, 3.8) is 0 Å². The van der Waals surface area contributed by atoms with E-state index < -0.39 is 0 Å². The number of amides is 1. The van der Waals surface area contributed by atoms with Crippen molar-refractivity contribution >= 4 is 17.2 Å². The van der Waals surface area contributed by atoms with Gasteiger partial charge in [-0.1, -0.05) is 13.3 Å². The number of imidazole rings is 1. The van der Waals surface area contributed by atoms with Gasteiger partial charge in [0.2, 0.25) is 0 Å². The Morgan fingerprint density at radius 3 is 2.81 bits per heavy atom. The van der Waals surface area contributed by atoms with E-state index in [2.05, 4.69) is 21.8 Å². The molecule has 1 spiro atoms. The molecule has 7 heteroatoms. The first-order valence-electron chi connectivity index (χ1n) is 9.63. The summed E-state index contributed by atoms with van der Waals surface area (Å²) in [5.74, 6) is 0.137. The van der Waals surface area contributed by atoms with Crippen molar-refractivity contribution < 1.29 is 4.79 Å². The number of piperidine rings is 1. The van der Waals surface area contributed by atoms with Crippen LogP contribution in [-0.4, -0.2) is 56.8 Å². The molecular formula is C19H27N5OS. The van der Waals surface area contributed by atoms with E-state index in [1.54, 1.807) is 5.51 Å². The number of aryl methyl sites for hydroxylation is 1. The Morgan fingerprint density at radius 2 is 2.12 bits per heavy atom. The van der Waals surface area contributed by atoms with Crippen LogP contribution >= 0.6 is 11.3 Å². The minimum atomic E-state index is -0.0116. The van der Waals surface area contributed by atoms with Crippen LogP contribution in [0.25, 0.3) is 0 Å². The molecule has 0 saturated carbocycles. The van der Waals surface area contributed by atoms with Crippen molar-refractivity contribution in [2.24, 2.45) is 0 Å². The number of nitrogens with zero attached hydrogens (tertiary/aromatic N) is 4. The molecule has 26 heavy (non-hydrogen) atoms. The standard InChI is InChI=1S/C19H27N5OS/c1-3-4-8-24-9-5-15-17(21-12-20-15)19(24)6-10-23(11-7-19)18(25)16-14(2)22-13-26-16/h12-13H,3-11H2,1-2H3,(H,20,21). The molecule has 0 radical (unpaired) electrons. The fourth-order valence-corrected chi connectivity index (χ4v) is 5.25. The minimum absolute atomic E-state index is 0.0116. The van der Waals surface area contributed by atoms with Gasteiger partial charge in [-0.3, -0.25) is 9.69 Å². The Hall–Kier alpha value is -1.73. The first-order valence-corrected chi connectivity index (χ1v) is 10.5. The third-order valence-electron chi connectivity index (χ3n) is 6.00. The van der Waals surface area contributed by atoms with Gasteiger partial charge in [-0.15, -0.1) is 11.3 Å². The van der Waals surface area contributed by atoms with Crippen LogP contribution in [0.1, 0.15) is 59.4 Å². The highest BCUT2D eigenvalue weighted by Crippen LogP contribution is 2.42. The third-order valence-corrected chi connectivity index (χ3v) is 6.91. The molecule has 0 aromatic carbocycles. The number of aromatic amines is 1. The van der Waals surface area contributed by atoms with Gasteiger partial charge >= 0.3 is 0 Å². The highest BCUT2D eigenvalue weighted by atomic mass is 32.1. The van der Waals surface area contributed by atoms with Gasteiger partial charge in [0.15, 0.2) is 0 Å². The van der Waals surface area contributed by atoms with Crippen molar-refractivity contribution in [3.8, 4) is 0 Å².